The molecule has 0 aliphatic rings. The van der Waals surface area contributed by atoms with Gasteiger partial charge in [0.2, 0.25) is 5.91 Å². The lowest BCUT2D eigenvalue weighted by atomic mass is 10.2. The van der Waals surface area contributed by atoms with Crippen LogP contribution in [-0.2, 0) is 4.79 Å². The summed E-state index contributed by atoms with van der Waals surface area (Å²) >= 11 is 5.66. The summed E-state index contributed by atoms with van der Waals surface area (Å²) in [7, 11) is 0. The molecule has 2 N–H and O–H groups in total. The van der Waals surface area contributed by atoms with Crippen molar-refractivity contribution in [3.05, 3.63) is 29.0 Å². The molecule has 1 unspecified atom stereocenters. The first-order valence-electron chi connectivity index (χ1n) is 5.89. The van der Waals surface area contributed by atoms with E-state index in [2.05, 4.69) is 10.6 Å². The van der Waals surface area contributed by atoms with Crippen LogP contribution in [0.15, 0.2) is 18.2 Å². The average molecular weight is 273 g/mol. The number of anilines is 1. The van der Waals surface area contributed by atoms with Crippen LogP contribution in [0.1, 0.15) is 20.8 Å². The molecule has 1 aromatic rings. The molecule has 0 saturated carbocycles. The van der Waals surface area contributed by atoms with Crippen LogP contribution in [0.25, 0.3) is 0 Å². The van der Waals surface area contributed by atoms with Gasteiger partial charge in [-0.2, -0.15) is 0 Å². The lowest BCUT2D eigenvalue weighted by Crippen LogP contribution is -2.39. The minimum absolute atomic E-state index is 0.0368. The Morgan fingerprint density at radius 2 is 2.06 bits per heavy atom. The van der Waals surface area contributed by atoms with Crippen molar-refractivity contribution in [2.75, 3.05) is 11.9 Å². The first-order chi connectivity index (χ1) is 8.40. The smallest absolute Gasteiger partial charge is 0.242 e. The minimum Gasteiger partial charge on any atom is -0.374 e. The Balaban J connectivity index is 2.55. The minimum atomic E-state index is -0.473. The van der Waals surface area contributed by atoms with E-state index in [4.69, 9.17) is 11.6 Å². The van der Waals surface area contributed by atoms with E-state index in [1.165, 1.54) is 12.1 Å². The van der Waals surface area contributed by atoms with Crippen LogP contribution in [0, 0.1) is 11.7 Å². The fourth-order valence-corrected chi connectivity index (χ4v) is 1.54. The quantitative estimate of drug-likeness (QED) is 0.865. The van der Waals surface area contributed by atoms with E-state index in [0.717, 1.165) is 0 Å². The van der Waals surface area contributed by atoms with Crippen molar-refractivity contribution in [3.8, 4) is 0 Å². The summed E-state index contributed by atoms with van der Waals surface area (Å²) < 4.78 is 13.0. The van der Waals surface area contributed by atoms with Crippen molar-refractivity contribution >= 4 is 23.2 Å². The number of carbonyl (C=O) groups is 1. The summed E-state index contributed by atoms with van der Waals surface area (Å²) in [6.07, 6.45) is 0. The number of hydrogen-bond acceptors (Lipinski definition) is 2. The van der Waals surface area contributed by atoms with Crippen LogP contribution < -0.4 is 10.6 Å². The summed E-state index contributed by atoms with van der Waals surface area (Å²) in [5, 5.41) is 5.83. The predicted octanol–water partition coefficient (Wildman–Crippen LogP) is 3.05. The zero-order valence-corrected chi connectivity index (χ0v) is 11.5. The van der Waals surface area contributed by atoms with E-state index in [1.54, 1.807) is 13.0 Å². The summed E-state index contributed by atoms with van der Waals surface area (Å²) in [5.74, 6) is -0.162. The standard InChI is InChI=1S/C13H18ClFN2O/c1-8(2)7-16-13(18)9(3)17-10-4-5-12(15)11(14)6-10/h4-6,8-9,17H,7H2,1-3H3,(H,16,18). The fraction of sp³-hybridized carbons (Fsp3) is 0.462. The van der Waals surface area contributed by atoms with Crippen molar-refractivity contribution in [1.29, 1.82) is 0 Å². The third kappa shape index (κ3) is 4.53. The molecule has 1 rings (SSSR count). The largest absolute Gasteiger partial charge is 0.374 e. The van der Waals surface area contributed by atoms with E-state index >= 15 is 0 Å². The molecule has 18 heavy (non-hydrogen) atoms. The van der Waals surface area contributed by atoms with Gasteiger partial charge in [-0.15, -0.1) is 0 Å². The third-order valence-corrected chi connectivity index (χ3v) is 2.67. The Hall–Kier alpha value is -1.29. The van der Waals surface area contributed by atoms with Crippen molar-refractivity contribution in [2.45, 2.75) is 26.8 Å². The molecule has 5 heteroatoms. The zero-order valence-electron chi connectivity index (χ0n) is 10.8. The molecule has 3 nitrogen and oxygen atoms in total. The molecular weight excluding hydrogens is 255 g/mol. The molecule has 0 aliphatic heterocycles. The highest BCUT2D eigenvalue weighted by molar-refractivity contribution is 6.31. The summed E-state index contributed by atoms with van der Waals surface area (Å²) in [6, 6.07) is 3.88. The Morgan fingerprint density at radius 1 is 1.39 bits per heavy atom. The highest BCUT2D eigenvalue weighted by Gasteiger charge is 2.13. The van der Waals surface area contributed by atoms with Crippen LogP contribution in [0.5, 0.6) is 0 Å². The predicted molar refractivity (Wildman–Crippen MR) is 72.3 cm³/mol. The zero-order chi connectivity index (χ0) is 13.7. The first-order valence-corrected chi connectivity index (χ1v) is 6.27. The maximum atomic E-state index is 13.0. The van der Waals surface area contributed by atoms with E-state index in [-0.39, 0.29) is 10.9 Å². The molecule has 0 fully saturated rings. The summed E-state index contributed by atoms with van der Waals surface area (Å²) in [4.78, 5) is 11.7. The van der Waals surface area contributed by atoms with E-state index < -0.39 is 11.9 Å². The number of rotatable bonds is 5. The molecular formula is C13H18ClFN2O. The van der Waals surface area contributed by atoms with Gasteiger partial charge in [0.1, 0.15) is 11.9 Å². The normalized spacial score (nSPS) is 12.3. The maximum absolute atomic E-state index is 13.0. The van der Waals surface area contributed by atoms with E-state index in [9.17, 15) is 9.18 Å². The van der Waals surface area contributed by atoms with Gasteiger partial charge in [-0.05, 0) is 31.0 Å². The second kappa shape index (κ2) is 6.59. The van der Waals surface area contributed by atoms with Gasteiger partial charge in [0.25, 0.3) is 0 Å². The number of hydrogen-bond donors (Lipinski definition) is 2. The number of carbonyl (C=O) groups excluding carboxylic acids is 1. The molecule has 100 valence electrons. The third-order valence-electron chi connectivity index (χ3n) is 2.38. The molecule has 1 atom stereocenters. The Kier molecular flexibility index (Phi) is 5.41. The highest BCUT2D eigenvalue weighted by Crippen LogP contribution is 2.19. The summed E-state index contributed by atoms with van der Waals surface area (Å²) in [6.45, 7) is 6.43. The Bertz CT molecular complexity index is 423. The number of amides is 1. The molecule has 0 aliphatic carbocycles. The number of halogens is 2. The van der Waals surface area contributed by atoms with Crippen LogP contribution in [0.2, 0.25) is 5.02 Å². The van der Waals surface area contributed by atoms with Crippen LogP contribution >= 0.6 is 11.6 Å². The Labute approximate surface area is 112 Å². The van der Waals surface area contributed by atoms with Gasteiger partial charge >= 0.3 is 0 Å². The topological polar surface area (TPSA) is 41.1 Å². The second-order valence-corrected chi connectivity index (χ2v) is 5.04. The van der Waals surface area contributed by atoms with Crippen molar-refractivity contribution < 1.29 is 9.18 Å². The lowest BCUT2D eigenvalue weighted by molar-refractivity contribution is -0.121. The van der Waals surface area contributed by atoms with Crippen molar-refractivity contribution in [3.63, 3.8) is 0 Å². The molecule has 0 spiro atoms. The lowest BCUT2D eigenvalue weighted by Gasteiger charge is -2.16. The molecule has 0 aromatic heterocycles. The van der Waals surface area contributed by atoms with Crippen LogP contribution in [0.3, 0.4) is 0 Å². The Morgan fingerprint density at radius 3 is 2.61 bits per heavy atom. The maximum Gasteiger partial charge on any atom is 0.242 e. The molecule has 0 radical (unpaired) electrons. The van der Waals surface area contributed by atoms with Crippen molar-refractivity contribution in [1.82, 2.24) is 5.32 Å². The van der Waals surface area contributed by atoms with E-state index in [0.29, 0.717) is 18.2 Å². The number of benzene rings is 1. The average Bonchev–Trinajstić information content (AvgIpc) is 2.30. The van der Waals surface area contributed by atoms with Gasteiger partial charge in [0.15, 0.2) is 0 Å². The van der Waals surface area contributed by atoms with Crippen LogP contribution in [-0.4, -0.2) is 18.5 Å². The fourth-order valence-electron chi connectivity index (χ4n) is 1.36. The second-order valence-electron chi connectivity index (χ2n) is 4.63. The number of nitrogens with one attached hydrogen (secondary N) is 2. The molecule has 1 aromatic carbocycles. The molecule has 0 bridgehead atoms. The molecule has 1 amide bonds. The van der Waals surface area contributed by atoms with Gasteiger partial charge < -0.3 is 10.6 Å². The van der Waals surface area contributed by atoms with Crippen LogP contribution in [0.4, 0.5) is 10.1 Å². The van der Waals surface area contributed by atoms with Gasteiger partial charge in [-0.1, -0.05) is 25.4 Å². The monoisotopic (exact) mass is 272 g/mol. The molecule has 0 heterocycles. The van der Waals surface area contributed by atoms with Crippen molar-refractivity contribution in [2.24, 2.45) is 5.92 Å². The summed E-state index contributed by atoms with van der Waals surface area (Å²) in [5.41, 5.74) is 0.619. The van der Waals surface area contributed by atoms with Gasteiger partial charge in [0.05, 0.1) is 5.02 Å². The van der Waals surface area contributed by atoms with Gasteiger partial charge in [-0.3, -0.25) is 4.79 Å². The SMILES string of the molecule is CC(C)CNC(=O)C(C)Nc1ccc(F)c(Cl)c1. The molecule has 0 saturated heterocycles. The highest BCUT2D eigenvalue weighted by atomic mass is 35.5. The first kappa shape index (κ1) is 14.8. The van der Waals surface area contributed by atoms with Gasteiger partial charge in [-0.25, -0.2) is 4.39 Å². The van der Waals surface area contributed by atoms with Gasteiger partial charge in [0, 0.05) is 12.2 Å². The van der Waals surface area contributed by atoms with E-state index in [1.807, 2.05) is 13.8 Å².